The van der Waals surface area contributed by atoms with Gasteiger partial charge >= 0.3 is 0 Å². The molecule has 0 heterocycles. The molecule has 25 heavy (non-hydrogen) atoms. The number of hydrogen-bond donors (Lipinski definition) is 1. The number of nitrogens with zero attached hydrogens (tertiary/aromatic N) is 1. The maximum atomic E-state index is 13.0. The molecule has 0 aromatic heterocycles. The number of anilines is 1. The predicted molar refractivity (Wildman–Crippen MR) is 96.3 cm³/mol. The summed E-state index contributed by atoms with van der Waals surface area (Å²) >= 11 is 0. The topological polar surface area (TPSA) is 66.5 Å². The van der Waals surface area contributed by atoms with Crippen LogP contribution in [-0.2, 0) is 14.8 Å². The van der Waals surface area contributed by atoms with E-state index in [-0.39, 0.29) is 18.4 Å². The number of sulfonamides is 1. The molecule has 1 unspecified atom stereocenters. The molecule has 1 N–H and O–H groups in total. The Morgan fingerprint density at radius 1 is 1.12 bits per heavy atom. The first-order chi connectivity index (χ1) is 11.7. The Morgan fingerprint density at radius 3 is 2.20 bits per heavy atom. The van der Waals surface area contributed by atoms with Crippen LogP contribution in [-0.4, -0.2) is 27.1 Å². The van der Waals surface area contributed by atoms with E-state index in [1.807, 2.05) is 6.92 Å². The third-order valence-electron chi connectivity index (χ3n) is 3.76. The van der Waals surface area contributed by atoms with Crippen LogP contribution in [0.15, 0.2) is 48.5 Å². The van der Waals surface area contributed by atoms with Crippen molar-refractivity contribution in [2.45, 2.75) is 19.9 Å². The second kappa shape index (κ2) is 7.65. The fraction of sp³-hybridized carbons (Fsp3) is 0.278. The minimum Gasteiger partial charge on any atom is -0.348 e. The minimum absolute atomic E-state index is 0.326. The average Bonchev–Trinajstić information content (AvgIpc) is 2.53. The quantitative estimate of drug-likeness (QED) is 0.857. The molecule has 2 rings (SSSR count). The lowest BCUT2D eigenvalue weighted by Gasteiger charge is -2.23. The number of halogens is 1. The zero-order valence-electron chi connectivity index (χ0n) is 14.4. The van der Waals surface area contributed by atoms with Crippen LogP contribution in [0.5, 0.6) is 0 Å². The van der Waals surface area contributed by atoms with E-state index in [1.165, 1.54) is 12.1 Å². The van der Waals surface area contributed by atoms with Crippen molar-refractivity contribution in [3.63, 3.8) is 0 Å². The van der Waals surface area contributed by atoms with Crippen LogP contribution in [0.4, 0.5) is 10.1 Å². The highest BCUT2D eigenvalue weighted by molar-refractivity contribution is 7.92. The van der Waals surface area contributed by atoms with Crippen molar-refractivity contribution in [1.82, 2.24) is 5.32 Å². The molecule has 1 amide bonds. The van der Waals surface area contributed by atoms with E-state index >= 15 is 0 Å². The van der Waals surface area contributed by atoms with Gasteiger partial charge in [-0.3, -0.25) is 9.10 Å². The van der Waals surface area contributed by atoms with Crippen molar-refractivity contribution in [1.29, 1.82) is 0 Å². The van der Waals surface area contributed by atoms with Crippen molar-refractivity contribution >= 4 is 21.6 Å². The number of benzene rings is 2. The predicted octanol–water partition coefficient (Wildman–Crippen LogP) is 2.78. The zero-order chi connectivity index (χ0) is 18.6. The fourth-order valence-corrected chi connectivity index (χ4v) is 3.22. The molecule has 134 valence electrons. The van der Waals surface area contributed by atoms with Gasteiger partial charge in [-0.25, -0.2) is 12.8 Å². The number of carbonyl (C=O) groups is 1. The molecular formula is C18H21FN2O3S. The minimum atomic E-state index is -3.61. The Morgan fingerprint density at radius 2 is 1.68 bits per heavy atom. The number of amides is 1. The molecule has 0 saturated carbocycles. The first-order valence-electron chi connectivity index (χ1n) is 7.76. The molecule has 2 aromatic rings. The maximum absolute atomic E-state index is 13.0. The normalized spacial score (nSPS) is 12.5. The van der Waals surface area contributed by atoms with Gasteiger partial charge in [-0.05, 0) is 43.7 Å². The lowest BCUT2D eigenvalue weighted by molar-refractivity contribution is -0.120. The van der Waals surface area contributed by atoms with E-state index in [2.05, 4.69) is 5.32 Å². The monoisotopic (exact) mass is 364 g/mol. The van der Waals surface area contributed by atoms with Crippen LogP contribution in [0.25, 0.3) is 0 Å². The fourth-order valence-electron chi connectivity index (χ4n) is 2.36. The Bertz CT molecular complexity index is 834. The molecule has 0 aliphatic carbocycles. The molecule has 0 radical (unpaired) electrons. The van der Waals surface area contributed by atoms with Gasteiger partial charge in [0.05, 0.1) is 18.0 Å². The maximum Gasteiger partial charge on any atom is 0.241 e. The smallest absolute Gasteiger partial charge is 0.241 e. The molecule has 0 fully saturated rings. The Kier molecular flexibility index (Phi) is 5.79. The second-order valence-corrected chi connectivity index (χ2v) is 7.85. The van der Waals surface area contributed by atoms with Crippen LogP contribution in [0.3, 0.4) is 0 Å². The second-order valence-electron chi connectivity index (χ2n) is 5.95. The first kappa shape index (κ1) is 18.9. The lowest BCUT2D eigenvalue weighted by Crippen LogP contribution is -2.41. The Balaban J connectivity index is 2.12. The van der Waals surface area contributed by atoms with Gasteiger partial charge in [0, 0.05) is 0 Å². The molecule has 2 aromatic carbocycles. The summed E-state index contributed by atoms with van der Waals surface area (Å²) < 4.78 is 38.1. The highest BCUT2D eigenvalue weighted by Crippen LogP contribution is 2.18. The summed E-state index contributed by atoms with van der Waals surface area (Å²) in [5.74, 6) is -0.798. The van der Waals surface area contributed by atoms with E-state index in [1.54, 1.807) is 43.3 Å². The number of rotatable bonds is 6. The molecule has 0 aliphatic rings. The van der Waals surface area contributed by atoms with Gasteiger partial charge in [0.25, 0.3) is 0 Å². The summed E-state index contributed by atoms with van der Waals surface area (Å²) in [6.07, 6.45) is 1.06. The van der Waals surface area contributed by atoms with Crippen LogP contribution < -0.4 is 9.62 Å². The van der Waals surface area contributed by atoms with Crippen LogP contribution in [0.2, 0.25) is 0 Å². The zero-order valence-corrected chi connectivity index (χ0v) is 15.2. The highest BCUT2D eigenvalue weighted by atomic mass is 32.2. The van der Waals surface area contributed by atoms with Crippen molar-refractivity contribution in [2.75, 3.05) is 17.1 Å². The molecule has 5 nitrogen and oxygen atoms in total. The van der Waals surface area contributed by atoms with E-state index in [9.17, 15) is 17.6 Å². The molecule has 1 atom stereocenters. The molecule has 0 bridgehead atoms. The van der Waals surface area contributed by atoms with Gasteiger partial charge in [-0.15, -0.1) is 0 Å². The van der Waals surface area contributed by atoms with Gasteiger partial charge in [0.1, 0.15) is 12.4 Å². The molecule has 0 spiro atoms. The molecule has 0 saturated heterocycles. The summed E-state index contributed by atoms with van der Waals surface area (Å²) in [6, 6.07) is 12.3. The van der Waals surface area contributed by atoms with Crippen LogP contribution >= 0.6 is 0 Å². The summed E-state index contributed by atoms with van der Waals surface area (Å²) in [6.45, 7) is 3.32. The van der Waals surface area contributed by atoms with E-state index in [0.29, 0.717) is 5.69 Å². The number of hydrogen-bond acceptors (Lipinski definition) is 3. The molecular weight excluding hydrogens is 343 g/mol. The van der Waals surface area contributed by atoms with E-state index in [4.69, 9.17) is 0 Å². The average molecular weight is 364 g/mol. The first-order valence-corrected chi connectivity index (χ1v) is 9.61. The van der Waals surface area contributed by atoms with Gasteiger partial charge < -0.3 is 5.32 Å². The van der Waals surface area contributed by atoms with Gasteiger partial charge in [0.2, 0.25) is 15.9 Å². The van der Waals surface area contributed by atoms with Crippen molar-refractivity contribution < 1.29 is 17.6 Å². The highest BCUT2D eigenvalue weighted by Gasteiger charge is 2.21. The van der Waals surface area contributed by atoms with Crippen molar-refractivity contribution in [2.24, 2.45) is 0 Å². The summed E-state index contributed by atoms with van der Waals surface area (Å²) in [5, 5.41) is 2.73. The third-order valence-corrected chi connectivity index (χ3v) is 4.90. The SMILES string of the molecule is Cc1ccc(N(CC(=O)NC(C)c2ccc(F)cc2)S(C)(=O)=O)cc1. The van der Waals surface area contributed by atoms with E-state index < -0.39 is 15.9 Å². The third kappa shape index (κ3) is 5.29. The summed E-state index contributed by atoms with van der Waals surface area (Å²) in [5.41, 5.74) is 2.15. The number of carbonyl (C=O) groups excluding carboxylic acids is 1. The standard InChI is InChI=1S/C18H21FN2O3S/c1-13-4-10-17(11-5-13)21(25(3,23)24)12-18(22)20-14(2)15-6-8-16(19)9-7-15/h4-11,14H,12H2,1-3H3,(H,20,22). The molecule has 0 aliphatic heterocycles. The number of aryl methyl sites for hydroxylation is 1. The van der Waals surface area contributed by atoms with Crippen molar-refractivity contribution in [3.8, 4) is 0 Å². The van der Waals surface area contributed by atoms with Gasteiger partial charge in [0.15, 0.2) is 0 Å². The van der Waals surface area contributed by atoms with Crippen LogP contribution in [0, 0.1) is 12.7 Å². The summed E-state index contributed by atoms with van der Waals surface area (Å²) in [4.78, 5) is 12.3. The Hall–Kier alpha value is -2.41. The van der Waals surface area contributed by atoms with Gasteiger partial charge in [-0.2, -0.15) is 0 Å². The van der Waals surface area contributed by atoms with Gasteiger partial charge in [-0.1, -0.05) is 29.8 Å². The molecule has 7 heteroatoms. The van der Waals surface area contributed by atoms with Crippen molar-refractivity contribution in [3.05, 3.63) is 65.5 Å². The summed E-state index contributed by atoms with van der Waals surface area (Å²) in [7, 11) is -3.61. The lowest BCUT2D eigenvalue weighted by atomic mass is 10.1. The largest absolute Gasteiger partial charge is 0.348 e. The number of nitrogens with one attached hydrogen (secondary N) is 1. The van der Waals surface area contributed by atoms with Crippen LogP contribution in [0.1, 0.15) is 24.1 Å². The Labute approximate surface area is 147 Å². The van der Waals surface area contributed by atoms with E-state index in [0.717, 1.165) is 21.7 Å².